The van der Waals surface area contributed by atoms with E-state index in [2.05, 4.69) is 36.8 Å². The topological polar surface area (TPSA) is 55.3 Å². The lowest BCUT2D eigenvalue weighted by atomic mass is 10.0. The molecule has 2 rings (SSSR count). The van der Waals surface area contributed by atoms with Crippen molar-refractivity contribution in [2.24, 2.45) is 5.73 Å². The molecule has 4 nitrogen and oxygen atoms in total. The van der Waals surface area contributed by atoms with Gasteiger partial charge in [-0.15, -0.1) is 0 Å². The number of nitrogens with zero attached hydrogens (tertiary/aromatic N) is 2. The van der Waals surface area contributed by atoms with Gasteiger partial charge < -0.3 is 10.2 Å². The molecule has 1 heterocycles. The van der Waals surface area contributed by atoms with Crippen molar-refractivity contribution in [3.8, 4) is 0 Å². The normalized spacial score (nSPS) is 12.5. The zero-order valence-corrected chi connectivity index (χ0v) is 10.6. The van der Waals surface area contributed by atoms with Gasteiger partial charge in [0.15, 0.2) is 12.0 Å². The minimum atomic E-state index is -0.00360. The zero-order valence-electron chi connectivity index (χ0n) is 10.6. The number of rotatable bonds is 4. The van der Waals surface area contributed by atoms with E-state index in [0.29, 0.717) is 6.54 Å². The first kappa shape index (κ1) is 12.1. The Morgan fingerprint density at radius 3 is 2.88 bits per heavy atom. The predicted octanol–water partition coefficient (Wildman–Crippen LogP) is 2.00. The van der Waals surface area contributed by atoms with E-state index in [0.717, 1.165) is 17.6 Å². The summed E-state index contributed by atoms with van der Waals surface area (Å²) >= 11 is 0. The van der Waals surface area contributed by atoms with Gasteiger partial charge in [0.25, 0.3) is 0 Å². The summed E-state index contributed by atoms with van der Waals surface area (Å²) in [7, 11) is 2.08. The van der Waals surface area contributed by atoms with E-state index in [1.54, 1.807) is 0 Å². The van der Waals surface area contributed by atoms with Crippen molar-refractivity contribution >= 4 is 11.1 Å². The van der Waals surface area contributed by atoms with Crippen LogP contribution < -0.4 is 5.73 Å². The van der Waals surface area contributed by atoms with Crippen LogP contribution in [0, 0.1) is 0 Å². The zero-order chi connectivity index (χ0) is 12.5. The molecular formula is C13H19N3O. The van der Waals surface area contributed by atoms with Crippen LogP contribution >= 0.6 is 0 Å². The van der Waals surface area contributed by atoms with Gasteiger partial charge in [-0.05, 0) is 38.6 Å². The molecule has 0 spiro atoms. The second-order valence-corrected chi connectivity index (χ2v) is 5.03. The van der Waals surface area contributed by atoms with Crippen molar-refractivity contribution in [1.29, 1.82) is 0 Å². The van der Waals surface area contributed by atoms with Crippen LogP contribution in [-0.2, 0) is 6.54 Å². The smallest absolute Gasteiger partial charge is 0.181 e. The van der Waals surface area contributed by atoms with Crippen LogP contribution in [0.5, 0.6) is 0 Å². The number of nitrogens with two attached hydrogens (primary N) is 1. The Morgan fingerprint density at radius 2 is 2.18 bits per heavy atom. The number of hydrogen-bond donors (Lipinski definition) is 1. The Bertz CT molecular complexity index is 504. The van der Waals surface area contributed by atoms with E-state index in [9.17, 15) is 0 Å². The minimum Gasteiger partial charge on any atom is -0.443 e. The van der Waals surface area contributed by atoms with Crippen LogP contribution in [0.25, 0.3) is 11.1 Å². The molecule has 1 aromatic carbocycles. The van der Waals surface area contributed by atoms with Crippen molar-refractivity contribution < 1.29 is 4.42 Å². The second kappa shape index (κ2) is 4.47. The van der Waals surface area contributed by atoms with Gasteiger partial charge in [-0.3, -0.25) is 4.90 Å². The largest absolute Gasteiger partial charge is 0.443 e. The van der Waals surface area contributed by atoms with E-state index >= 15 is 0 Å². The van der Waals surface area contributed by atoms with Crippen molar-refractivity contribution in [2.45, 2.75) is 25.9 Å². The van der Waals surface area contributed by atoms with Crippen LogP contribution in [0.4, 0.5) is 0 Å². The van der Waals surface area contributed by atoms with E-state index in [1.165, 1.54) is 12.0 Å². The molecule has 2 N–H and O–H groups in total. The lowest BCUT2D eigenvalue weighted by Gasteiger charge is -2.34. The van der Waals surface area contributed by atoms with Crippen molar-refractivity contribution in [3.63, 3.8) is 0 Å². The van der Waals surface area contributed by atoms with Crippen LogP contribution in [0.15, 0.2) is 29.0 Å². The van der Waals surface area contributed by atoms with Gasteiger partial charge in [0.05, 0.1) is 0 Å². The van der Waals surface area contributed by atoms with Crippen LogP contribution in [0.2, 0.25) is 0 Å². The standard InChI is InChI=1S/C13H19N3O/c1-13(2,8-14)16(3)7-10-4-5-11-12(6-10)17-9-15-11/h4-6,9H,7-8,14H2,1-3H3. The fourth-order valence-corrected chi connectivity index (χ4v) is 1.64. The average Bonchev–Trinajstić information content (AvgIpc) is 2.76. The quantitative estimate of drug-likeness (QED) is 0.877. The fraction of sp³-hybridized carbons (Fsp3) is 0.462. The number of aromatic nitrogens is 1. The number of benzene rings is 1. The predicted molar refractivity (Wildman–Crippen MR) is 68.6 cm³/mol. The van der Waals surface area contributed by atoms with Crippen molar-refractivity contribution in [1.82, 2.24) is 9.88 Å². The molecule has 0 saturated carbocycles. The average molecular weight is 233 g/mol. The highest BCUT2D eigenvalue weighted by molar-refractivity contribution is 5.72. The molecule has 0 aliphatic carbocycles. The van der Waals surface area contributed by atoms with Crippen molar-refractivity contribution in [2.75, 3.05) is 13.6 Å². The van der Waals surface area contributed by atoms with E-state index in [4.69, 9.17) is 10.2 Å². The molecule has 0 amide bonds. The molecule has 4 heteroatoms. The summed E-state index contributed by atoms with van der Waals surface area (Å²) in [6, 6.07) is 6.09. The lowest BCUT2D eigenvalue weighted by molar-refractivity contribution is 0.156. The van der Waals surface area contributed by atoms with Gasteiger partial charge >= 0.3 is 0 Å². The molecular weight excluding hydrogens is 214 g/mol. The summed E-state index contributed by atoms with van der Waals surface area (Å²) in [5.41, 5.74) is 8.70. The maximum atomic E-state index is 5.76. The Balaban J connectivity index is 2.18. The highest BCUT2D eigenvalue weighted by Crippen LogP contribution is 2.18. The number of hydrogen-bond acceptors (Lipinski definition) is 4. The molecule has 0 aliphatic rings. The molecule has 2 aromatic rings. The van der Waals surface area contributed by atoms with Gasteiger partial charge in [0.1, 0.15) is 5.52 Å². The summed E-state index contributed by atoms with van der Waals surface area (Å²) in [6.45, 7) is 5.76. The molecule has 17 heavy (non-hydrogen) atoms. The molecule has 0 aliphatic heterocycles. The van der Waals surface area contributed by atoms with Gasteiger partial charge in [0.2, 0.25) is 0 Å². The molecule has 0 fully saturated rings. The molecule has 0 bridgehead atoms. The Morgan fingerprint density at radius 1 is 1.41 bits per heavy atom. The van der Waals surface area contributed by atoms with E-state index < -0.39 is 0 Å². The fourth-order valence-electron chi connectivity index (χ4n) is 1.64. The van der Waals surface area contributed by atoms with Gasteiger partial charge in [-0.2, -0.15) is 0 Å². The maximum Gasteiger partial charge on any atom is 0.181 e. The molecule has 1 aromatic heterocycles. The summed E-state index contributed by atoms with van der Waals surface area (Å²) in [6.07, 6.45) is 1.47. The van der Waals surface area contributed by atoms with E-state index in [1.807, 2.05) is 12.1 Å². The molecule has 92 valence electrons. The minimum absolute atomic E-state index is 0.00360. The third kappa shape index (κ3) is 2.48. The number of oxazole rings is 1. The Hall–Kier alpha value is -1.39. The first-order valence-corrected chi connectivity index (χ1v) is 5.76. The first-order chi connectivity index (χ1) is 8.03. The van der Waals surface area contributed by atoms with Crippen molar-refractivity contribution in [3.05, 3.63) is 30.2 Å². The maximum absolute atomic E-state index is 5.76. The van der Waals surface area contributed by atoms with Crippen LogP contribution in [-0.4, -0.2) is 29.0 Å². The van der Waals surface area contributed by atoms with E-state index in [-0.39, 0.29) is 5.54 Å². The Labute approximate surface area is 101 Å². The van der Waals surface area contributed by atoms with Gasteiger partial charge in [-0.25, -0.2) is 4.98 Å². The lowest BCUT2D eigenvalue weighted by Crippen LogP contribution is -2.46. The van der Waals surface area contributed by atoms with Crippen LogP contribution in [0.1, 0.15) is 19.4 Å². The second-order valence-electron chi connectivity index (χ2n) is 5.03. The summed E-state index contributed by atoms with van der Waals surface area (Å²) in [5.74, 6) is 0. The van der Waals surface area contributed by atoms with Crippen LogP contribution in [0.3, 0.4) is 0 Å². The molecule has 0 unspecified atom stereocenters. The number of likely N-dealkylation sites (N-methyl/N-ethyl adjacent to an activating group) is 1. The monoisotopic (exact) mass is 233 g/mol. The first-order valence-electron chi connectivity index (χ1n) is 5.76. The number of fused-ring (bicyclic) bond motifs is 1. The molecule has 0 saturated heterocycles. The van der Waals surface area contributed by atoms with Gasteiger partial charge in [-0.1, -0.05) is 6.07 Å². The third-order valence-corrected chi connectivity index (χ3v) is 3.35. The summed E-state index contributed by atoms with van der Waals surface area (Å²) in [5, 5.41) is 0. The SMILES string of the molecule is CN(Cc1ccc2ncoc2c1)C(C)(C)CN. The highest BCUT2D eigenvalue weighted by Gasteiger charge is 2.21. The summed E-state index contributed by atoms with van der Waals surface area (Å²) < 4.78 is 5.30. The summed E-state index contributed by atoms with van der Waals surface area (Å²) in [4.78, 5) is 6.34. The Kier molecular flexibility index (Phi) is 3.17. The molecule has 0 radical (unpaired) electrons. The molecule has 0 atom stereocenters. The third-order valence-electron chi connectivity index (χ3n) is 3.35. The van der Waals surface area contributed by atoms with Gasteiger partial charge in [0, 0.05) is 18.6 Å². The highest BCUT2D eigenvalue weighted by atomic mass is 16.3.